The van der Waals surface area contributed by atoms with Crippen LogP contribution in [0.15, 0.2) is 12.1 Å². The molecular formula is C11H14F2N2O2. The van der Waals surface area contributed by atoms with E-state index in [0.29, 0.717) is 6.61 Å². The standard InChI is InChI=1S/C11H14F2N2O2/c1-6(5-17-2)15-11(16)7-3-8(12)10(14)9(13)4-7/h3-4,6H,5,14H2,1-2H3,(H,15,16). The fraction of sp³-hybridized carbons (Fsp3) is 0.364. The molecule has 0 heterocycles. The van der Waals surface area contributed by atoms with Crippen LogP contribution in [-0.4, -0.2) is 25.7 Å². The molecule has 3 N–H and O–H groups in total. The van der Waals surface area contributed by atoms with E-state index in [1.54, 1.807) is 6.92 Å². The number of carbonyl (C=O) groups excluding carboxylic acids is 1. The highest BCUT2D eigenvalue weighted by Crippen LogP contribution is 2.17. The number of hydrogen-bond acceptors (Lipinski definition) is 3. The lowest BCUT2D eigenvalue weighted by molar-refractivity contribution is 0.0904. The number of nitrogens with two attached hydrogens (primary N) is 1. The van der Waals surface area contributed by atoms with Crippen LogP contribution in [0.2, 0.25) is 0 Å². The van der Waals surface area contributed by atoms with Crippen molar-refractivity contribution >= 4 is 11.6 Å². The fourth-order valence-electron chi connectivity index (χ4n) is 1.31. The molecule has 0 saturated carbocycles. The van der Waals surface area contributed by atoms with Crippen LogP contribution in [0, 0.1) is 11.6 Å². The second-order valence-corrected chi connectivity index (χ2v) is 3.68. The number of amides is 1. The highest BCUT2D eigenvalue weighted by molar-refractivity contribution is 5.94. The van der Waals surface area contributed by atoms with Gasteiger partial charge in [-0.05, 0) is 19.1 Å². The van der Waals surface area contributed by atoms with Gasteiger partial charge in [-0.1, -0.05) is 0 Å². The minimum absolute atomic E-state index is 0.114. The summed E-state index contributed by atoms with van der Waals surface area (Å²) in [6.45, 7) is 2.02. The number of anilines is 1. The molecule has 1 aromatic carbocycles. The predicted octanol–water partition coefficient (Wildman–Crippen LogP) is 1.31. The molecule has 0 spiro atoms. The zero-order valence-corrected chi connectivity index (χ0v) is 9.59. The number of halogens is 2. The van der Waals surface area contributed by atoms with E-state index in [-0.39, 0.29) is 11.6 Å². The van der Waals surface area contributed by atoms with Gasteiger partial charge in [0.1, 0.15) is 17.3 Å². The summed E-state index contributed by atoms with van der Waals surface area (Å²) in [7, 11) is 1.49. The lowest BCUT2D eigenvalue weighted by Crippen LogP contribution is -2.35. The highest BCUT2D eigenvalue weighted by Gasteiger charge is 2.14. The lowest BCUT2D eigenvalue weighted by atomic mass is 10.1. The maximum absolute atomic E-state index is 13.1. The minimum atomic E-state index is -0.949. The van der Waals surface area contributed by atoms with Gasteiger partial charge in [0, 0.05) is 18.7 Å². The summed E-state index contributed by atoms with van der Waals surface area (Å²) in [4.78, 5) is 11.6. The van der Waals surface area contributed by atoms with Crippen LogP contribution in [0.25, 0.3) is 0 Å². The Labute approximate surface area is 97.8 Å². The molecule has 0 fully saturated rings. The maximum atomic E-state index is 13.1. The summed E-state index contributed by atoms with van der Waals surface area (Å²) >= 11 is 0. The minimum Gasteiger partial charge on any atom is -0.394 e. The van der Waals surface area contributed by atoms with Gasteiger partial charge >= 0.3 is 0 Å². The van der Waals surface area contributed by atoms with Crippen molar-refractivity contribution < 1.29 is 18.3 Å². The third-order valence-corrected chi connectivity index (χ3v) is 2.14. The number of carbonyl (C=O) groups is 1. The van der Waals surface area contributed by atoms with Gasteiger partial charge in [0.15, 0.2) is 0 Å². The van der Waals surface area contributed by atoms with Crippen molar-refractivity contribution in [2.24, 2.45) is 0 Å². The number of benzene rings is 1. The maximum Gasteiger partial charge on any atom is 0.251 e. The average Bonchev–Trinajstić information content (AvgIpc) is 2.25. The van der Waals surface area contributed by atoms with Crippen molar-refractivity contribution in [3.05, 3.63) is 29.3 Å². The first-order chi connectivity index (χ1) is 7.95. The van der Waals surface area contributed by atoms with Gasteiger partial charge in [-0.15, -0.1) is 0 Å². The molecule has 94 valence electrons. The Kier molecular flexibility index (Phi) is 4.39. The molecule has 0 saturated heterocycles. The van der Waals surface area contributed by atoms with E-state index in [2.05, 4.69) is 5.32 Å². The lowest BCUT2D eigenvalue weighted by Gasteiger charge is -2.13. The molecule has 1 aromatic rings. The third-order valence-electron chi connectivity index (χ3n) is 2.14. The van der Waals surface area contributed by atoms with Gasteiger partial charge in [-0.2, -0.15) is 0 Å². The molecule has 1 atom stereocenters. The van der Waals surface area contributed by atoms with Gasteiger partial charge in [0.2, 0.25) is 0 Å². The molecule has 0 bridgehead atoms. The van der Waals surface area contributed by atoms with E-state index >= 15 is 0 Å². The summed E-state index contributed by atoms with van der Waals surface area (Å²) in [5.74, 6) is -2.48. The summed E-state index contributed by atoms with van der Waals surface area (Å²) in [6, 6.07) is 1.54. The first kappa shape index (κ1) is 13.4. The molecular weight excluding hydrogens is 230 g/mol. The van der Waals surface area contributed by atoms with Crippen molar-refractivity contribution in [1.29, 1.82) is 0 Å². The molecule has 17 heavy (non-hydrogen) atoms. The fourth-order valence-corrected chi connectivity index (χ4v) is 1.31. The Balaban J connectivity index is 2.83. The highest BCUT2D eigenvalue weighted by atomic mass is 19.1. The van der Waals surface area contributed by atoms with Crippen LogP contribution in [0.1, 0.15) is 17.3 Å². The molecule has 0 aliphatic carbocycles. The van der Waals surface area contributed by atoms with E-state index < -0.39 is 23.2 Å². The first-order valence-corrected chi connectivity index (χ1v) is 5.00. The average molecular weight is 244 g/mol. The Morgan fingerprint density at radius 1 is 1.47 bits per heavy atom. The second-order valence-electron chi connectivity index (χ2n) is 3.68. The van der Waals surface area contributed by atoms with Gasteiger partial charge < -0.3 is 15.8 Å². The SMILES string of the molecule is COCC(C)NC(=O)c1cc(F)c(N)c(F)c1. The molecule has 6 heteroatoms. The van der Waals surface area contributed by atoms with Crippen LogP contribution in [0.5, 0.6) is 0 Å². The van der Waals surface area contributed by atoms with Crippen molar-refractivity contribution in [3.8, 4) is 0 Å². The van der Waals surface area contributed by atoms with E-state index in [1.165, 1.54) is 7.11 Å². The summed E-state index contributed by atoms with van der Waals surface area (Å²) in [5.41, 5.74) is 4.39. The molecule has 0 aliphatic heterocycles. The summed E-state index contributed by atoms with van der Waals surface area (Å²) in [5, 5.41) is 2.53. The third kappa shape index (κ3) is 3.39. The van der Waals surface area contributed by atoms with Crippen molar-refractivity contribution in [2.75, 3.05) is 19.5 Å². The van der Waals surface area contributed by atoms with Crippen LogP contribution < -0.4 is 11.1 Å². The quantitative estimate of drug-likeness (QED) is 0.785. The van der Waals surface area contributed by atoms with Gasteiger partial charge in [-0.3, -0.25) is 4.79 Å². The smallest absolute Gasteiger partial charge is 0.251 e. The van der Waals surface area contributed by atoms with E-state index in [0.717, 1.165) is 12.1 Å². The van der Waals surface area contributed by atoms with Crippen LogP contribution in [0.3, 0.4) is 0 Å². The zero-order valence-electron chi connectivity index (χ0n) is 9.59. The molecule has 1 rings (SSSR count). The van der Waals surface area contributed by atoms with Gasteiger partial charge in [0.05, 0.1) is 6.61 Å². The predicted molar refractivity (Wildman–Crippen MR) is 59.6 cm³/mol. The number of hydrogen-bond donors (Lipinski definition) is 2. The molecule has 1 unspecified atom stereocenters. The zero-order chi connectivity index (χ0) is 13.0. The van der Waals surface area contributed by atoms with Gasteiger partial charge in [-0.25, -0.2) is 8.78 Å². The summed E-state index contributed by atoms with van der Waals surface area (Å²) < 4.78 is 31.1. The Bertz CT molecular complexity index is 401. The van der Waals surface area contributed by atoms with E-state index in [4.69, 9.17) is 10.5 Å². The molecule has 0 radical (unpaired) electrons. The molecule has 4 nitrogen and oxygen atoms in total. The number of nitrogen functional groups attached to an aromatic ring is 1. The second kappa shape index (κ2) is 5.58. The first-order valence-electron chi connectivity index (χ1n) is 5.00. The van der Waals surface area contributed by atoms with Crippen LogP contribution in [-0.2, 0) is 4.74 Å². The van der Waals surface area contributed by atoms with Crippen LogP contribution in [0.4, 0.5) is 14.5 Å². The van der Waals surface area contributed by atoms with E-state index in [1.807, 2.05) is 0 Å². The number of rotatable bonds is 4. The van der Waals surface area contributed by atoms with Crippen LogP contribution >= 0.6 is 0 Å². The van der Waals surface area contributed by atoms with Crippen molar-refractivity contribution in [1.82, 2.24) is 5.32 Å². The molecule has 1 amide bonds. The van der Waals surface area contributed by atoms with E-state index in [9.17, 15) is 13.6 Å². The Hall–Kier alpha value is -1.69. The number of nitrogens with one attached hydrogen (secondary N) is 1. The largest absolute Gasteiger partial charge is 0.394 e. The Morgan fingerprint density at radius 2 is 2.00 bits per heavy atom. The summed E-state index contributed by atoms with van der Waals surface area (Å²) in [6.07, 6.45) is 0. The molecule has 0 aliphatic rings. The van der Waals surface area contributed by atoms with Crippen molar-refractivity contribution in [3.63, 3.8) is 0 Å². The number of ether oxygens (including phenoxy) is 1. The van der Waals surface area contributed by atoms with Gasteiger partial charge in [0.25, 0.3) is 5.91 Å². The molecule has 0 aromatic heterocycles. The topological polar surface area (TPSA) is 64.3 Å². The Morgan fingerprint density at radius 3 is 2.47 bits per heavy atom. The van der Waals surface area contributed by atoms with Crippen molar-refractivity contribution in [2.45, 2.75) is 13.0 Å². The normalized spacial score (nSPS) is 12.2. The number of methoxy groups -OCH3 is 1. The monoisotopic (exact) mass is 244 g/mol.